The molecule has 0 saturated heterocycles. The molecular formula is H5NOSi2. The lowest BCUT2D eigenvalue weighted by Crippen LogP contribution is -0.481. The van der Waals surface area contributed by atoms with E-state index in [1.165, 1.54) is 0 Å². The lowest BCUT2D eigenvalue weighted by molar-refractivity contribution is 0.824. The van der Waals surface area contributed by atoms with Crippen molar-refractivity contribution in [1.82, 2.24) is 6.15 Å². The van der Waals surface area contributed by atoms with E-state index in [4.69, 9.17) is 0 Å². The number of hydrogen-bond acceptors (Lipinski definition) is 1. The van der Waals surface area contributed by atoms with E-state index in [1.807, 2.05) is 0 Å². The predicted molar refractivity (Wildman–Crippen MR) is 20.1 cm³/mol. The summed E-state index contributed by atoms with van der Waals surface area (Å²) >= 11 is 0. The van der Waals surface area contributed by atoms with Gasteiger partial charge < -0.3 is 11.6 Å². The lowest BCUT2D eigenvalue weighted by Gasteiger charge is -0.412. The van der Waals surface area contributed by atoms with Crippen molar-refractivity contribution in [2.45, 2.75) is 0 Å². The van der Waals surface area contributed by atoms with E-state index in [0.29, 0.717) is 0 Å². The minimum Gasteiger partial charge on any atom is -0.412 e. The van der Waals surface area contributed by atoms with Crippen LogP contribution in [0.3, 0.4) is 0 Å². The maximum absolute atomic E-state index is 0. The van der Waals surface area contributed by atoms with Crippen LogP contribution in [0.1, 0.15) is 0 Å². The first kappa shape index (κ1) is 391. The van der Waals surface area contributed by atoms with Crippen LogP contribution in [-0.2, 0) is 0 Å². The molecule has 0 unspecified atom stereocenters. The van der Waals surface area contributed by atoms with Gasteiger partial charge in [-0.15, -0.1) is 0 Å². The van der Waals surface area contributed by atoms with Gasteiger partial charge >= 0.3 is 0 Å². The molecule has 0 heterocycles. The fourth-order valence-corrected chi connectivity index (χ4v) is 0. The van der Waals surface area contributed by atoms with E-state index < -0.39 is 0 Å². The minimum atomic E-state index is 0. The molecule has 0 atom stereocenters. The third-order valence-corrected chi connectivity index (χ3v) is 0. The molecule has 0 spiro atoms. The normalized spacial score (nSPS) is 0. The summed E-state index contributed by atoms with van der Waals surface area (Å²) in [6, 6.07) is 0. The van der Waals surface area contributed by atoms with E-state index in [1.54, 1.807) is 0 Å². The summed E-state index contributed by atoms with van der Waals surface area (Å²) in [4.78, 5) is 0. The first-order valence-electron chi connectivity index (χ1n) is 0. The third-order valence-electron chi connectivity index (χ3n) is 0. The quantitative estimate of drug-likeness (QED) is 0.365. The maximum atomic E-state index is 0. The molecule has 4 heteroatoms. The Labute approximate surface area is 34.5 Å². The Morgan fingerprint density at radius 1 is 0.750 bits per heavy atom. The van der Waals surface area contributed by atoms with Crippen LogP contribution >= 0.6 is 0 Å². The lowest BCUT2D eigenvalue weighted by atomic mass is 14.0. The molecule has 8 radical (unpaired) electrons. The van der Waals surface area contributed by atoms with Crippen molar-refractivity contribution in [3.05, 3.63) is 0 Å². The summed E-state index contributed by atoms with van der Waals surface area (Å²) in [5, 5.41) is 0. The van der Waals surface area contributed by atoms with Gasteiger partial charge in [-0.25, -0.2) is 0 Å². The van der Waals surface area contributed by atoms with Crippen molar-refractivity contribution >= 4 is 21.9 Å². The van der Waals surface area contributed by atoms with E-state index in [2.05, 4.69) is 0 Å². The highest BCUT2D eigenvalue weighted by Crippen LogP contribution is -0.289. The van der Waals surface area contributed by atoms with Gasteiger partial charge in [0.15, 0.2) is 0 Å². The summed E-state index contributed by atoms with van der Waals surface area (Å²) in [6.07, 6.45) is 0. The Morgan fingerprint density at radius 3 is 0.750 bits per heavy atom. The van der Waals surface area contributed by atoms with Gasteiger partial charge in [-0.3, -0.25) is 0 Å². The molecule has 24 valence electrons. The fourth-order valence-electron chi connectivity index (χ4n) is 0. The molecule has 0 fully saturated rings. The fraction of sp³-hybridized carbons (Fsp3) is 0. The first-order valence-corrected chi connectivity index (χ1v) is 0. The number of hydrogen-bond donors (Lipinski definition) is 1. The second-order valence-electron chi connectivity index (χ2n) is 0. The summed E-state index contributed by atoms with van der Waals surface area (Å²) in [7, 11) is 0. The molecule has 0 rings (SSSR count). The van der Waals surface area contributed by atoms with Crippen molar-refractivity contribution in [2.75, 3.05) is 0 Å². The minimum absolute atomic E-state index is 0. The second kappa shape index (κ2) is 148. The second-order valence-corrected chi connectivity index (χ2v) is 0. The van der Waals surface area contributed by atoms with Gasteiger partial charge in [0.25, 0.3) is 0 Å². The SMILES string of the molecule is N.O.[Si].[Si]. The van der Waals surface area contributed by atoms with Crippen LogP contribution in [0.4, 0.5) is 0 Å². The van der Waals surface area contributed by atoms with Crippen LogP contribution in [0, 0.1) is 0 Å². The molecular weight excluding hydrogens is 86.2 g/mol. The monoisotopic (exact) mass is 91.0 g/mol. The van der Waals surface area contributed by atoms with Crippen molar-refractivity contribution < 1.29 is 5.48 Å². The van der Waals surface area contributed by atoms with E-state index >= 15 is 0 Å². The largest absolute Gasteiger partial charge is 0.412 e. The van der Waals surface area contributed by atoms with Gasteiger partial charge in [0.1, 0.15) is 0 Å². The molecule has 0 aliphatic carbocycles. The van der Waals surface area contributed by atoms with Crippen LogP contribution in [0.2, 0.25) is 0 Å². The zero-order valence-electron chi connectivity index (χ0n) is 2.21. The standard InChI is InChI=1S/H3N.H2O.2Si/h1H3;1H2;;. The zero-order chi connectivity index (χ0) is 0. The number of rotatable bonds is 0. The van der Waals surface area contributed by atoms with Gasteiger partial charge in [-0.2, -0.15) is 0 Å². The highest BCUT2D eigenvalue weighted by atomic mass is 28.1. The summed E-state index contributed by atoms with van der Waals surface area (Å²) in [5.74, 6) is 0. The molecule has 0 saturated carbocycles. The molecule has 0 aromatic rings. The van der Waals surface area contributed by atoms with Crippen molar-refractivity contribution in [3.8, 4) is 0 Å². The molecule has 0 amide bonds. The average Bonchev–Trinajstić information content (AvgIpc) is 0. The Morgan fingerprint density at radius 2 is 0.750 bits per heavy atom. The van der Waals surface area contributed by atoms with E-state index in [-0.39, 0.29) is 33.6 Å². The summed E-state index contributed by atoms with van der Waals surface area (Å²) in [5.41, 5.74) is 0. The van der Waals surface area contributed by atoms with Crippen LogP contribution < -0.4 is 6.15 Å². The van der Waals surface area contributed by atoms with Gasteiger partial charge in [-0.1, -0.05) is 0 Å². The third kappa shape index (κ3) is 34.5. The van der Waals surface area contributed by atoms with Gasteiger partial charge in [-0.05, 0) is 0 Å². The topological polar surface area (TPSA) is 66.5 Å². The predicted octanol–water partition coefficient (Wildman–Crippen LogP) is -1.42. The van der Waals surface area contributed by atoms with Gasteiger partial charge in [0, 0.05) is 21.9 Å². The van der Waals surface area contributed by atoms with Crippen molar-refractivity contribution in [2.24, 2.45) is 0 Å². The van der Waals surface area contributed by atoms with Gasteiger partial charge in [0.2, 0.25) is 0 Å². The van der Waals surface area contributed by atoms with Crippen molar-refractivity contribution in [1.29, 1.82) is 0 Å². The Bertz CT molecular complexity index is 6.00. The molecule has 2 nitrogen and oxygen atoms in total. The summed E-state index contributed by atoms with van der Waals surface area (Å²) in [6.45, 7) is 0. The highest BCUT2D eigenvalue weighted by Gasteiger charge is 0.00101. The molecule has 0 aromatic carbocycles. The highest BCUT2D eigenvalue weighted by molar-refractivity contribution is 5.76. The smallest absolute Gasteiger partial charge is 0 e. The van der Waals surface area contributed by atoms with Crippen LogP contribution in [-0.4, -0.2) is 27.4 Å². The van der Waals surface area contributed by atoms with E-state index in [0.717, 1.165) is 0 Å². The molecule has 0 bridgehead atoms. The zero-order valence-corrected chi connectivity index (χ0v) is 4.21. The summed E-state index contributed by atoms with van der Waals surface area (Å²) < 4.78 is 0. The molecule has 5 N–H and O–H groups in total. The molecule has 0 aliphatic rings. The first-order chi connectivity index (χ1) is 0. The van der Waals surface area contributed by atoms with Crippen LogP contribution in [0.15, 0.2) is 0 Å². The Hall–Kier alpha value is 0.354. The molecule has 0 aliphatic heterocycles. The van der Waals surface area contributed by atoms with E-state index in [9.17, 15) is 0 Å². The Balaban J connectivity index is 0. The molecule has 4 heavy (non-hydrogen) atoms. The Kier molecular flexibility index (Phi) is 14500. The maximum Gasteiger partial charge on any atom is 0 e. The van der Waals surface area contributed by atoms with Gasteiger partial charge in [0.05, 0.1) is 0 Å². The van der Waals surface area contributed by atoms with Crippen LogP contribution in [0.5, 0.6) is 0 Å². The molecule has 0 aromatic heterocycles. The van der Waals surface area contributed by atoms with Crippen molar-refractivity contribution in [3.63, 3.8) is 0 Å². The van der Waals surface area contributed by atoms with Crippen LogP contribution in [0.25, 0.3) is 0 Å². The average molecular weight is 91.2 g/mol.